The zero-order valence-electron chi connectivity index (χ0n) is 14.3. The van der Waals surface area contributed by atoms with E-state index in [1.54, 1.807) is 0 Å². The molecule has 0 radical (unpaired) electrons. The molecule has 23 heavy (non-hydrogen) atoms. The Morgan fingerprint density at radius 2 is 1.48 bits per heavy atom. The van der Waals surface area contributed by atoms with Crippen molar-refractivity contribution in [1.29, 1.82) is 0 Å². The highest BCUT2D eigenvalue weighted by molar-refractivity contribution is 9.09. The number of hydrogen-bond donors (Lipinski definition) is 0. The molecule has 0 spiro atoms. The molecule has 0 aliphatic heterocycles. The van der Waals surface area contributed by atoms with Crippen molar-refractivity contribution >= 4 is 15.9 Å². The Labute approximate surface area is 148 Å². The van der Waals surface area contributed by atoms with Crippen LogP contribution in [0.15, 0.2) is 0 Å². The van der Waals surface area contributed by atoms with Crippen molar-refractivity contribution in [3.05, 3.63) is 0 Å². The highest BCUT2D eigenvalue weighted by atomic mass is 79.9. The molecule has 4 aliphatic rings. The summed E-state index contributed by atoms with van der Waals surface area (Å²) in [6.07, 6.45) is 8.29. The van der Waals surface area contributed by atoms with Gasteiger partial charge in [0.25, 0.3) is 0 Å². The second-order valence-corrected chi connectivity index (χ2v) is 8.52. The van der Waals surface area contributed by atoms with Crippen LogP contribution in [-0.4, -0.2) is 50.3 Å². The zero-order valence-corrected chi connectivity index (χ0v) is 15.9. The molecule has 4 aliphatic carbocycles. The first-order valence-electron chi connectivity index (χ1n) is 9.24. The monoisotopic (exact) mass is 390 g/mol. The van der Waals surface area contributed by atoms with Crippen molar-refractivity contribution in [2.24, 2.45) is 17.8 Å². The van der Waals surface area contributed by atoms with Gasteiger partial charge in [-0.15, -0.1) is 0 Å². The minimum absolute atomic E-state index is 0.0214. The fraction of sp³-hybridized carbons (Fsp3) is 1.00. The number of hydrogen-bond acceptors (Lipinski definition) is 4. The molecule has 0 aromatic heterocycles. The first-order valence-corrected chi connectivity index (χ1v) is 10.2. The van der Waals surface area contributed by atoms with Crippen LogP contribution >= 0.6 is 15.9 Å². The molecule has 1 unspecified atom stereocenters. The molecular formula is C18H31BrO4. The van der Waals surface area contributed by atoms with Crippen molar-refractivity contribution in [1.82, 2.24) is 0 Å². The van der Waals surface area contributed by atoms with E-state index in [1.165, 1.54) is 38.5 Å². The van der Waals surface area contributed by atoms with Gasteiger partial charge < -0.3 is 18.9 Å². The van der Waals surface area contributed by atoms with Gasteiger partial charge >= 0.3 is 0 Å². The highest BCUT2D eigenvalue weighted by Gasteiger charge is 2.51. The molecule has 0 aromatic carbocycles. The van der Waals surface area contributed by atoms with E-state index in [1.807, 2.05) is 6.92 Å². The predicted octanol–water partition coefficient (Wildman–Crippen LogP) is 3.76. The summed E-state index contributed by atoms with van der Waals surface area (Å²) in [5.74, 6) is 2.83. The van der Waals surface area contributed by atoms with Gasteiger partial charge in [-0.25, -0.2) is 0 Å². The van der Waals surface area contributed by atoms with Crippen molar-refractivity contribution in [3.8, 4) is 0 Å². The van der Waals surface area contributed by atoms with Crippen LogP contribution in [0.1, 0.15) is 45.4 Å². The molecule has 4 bridgehead atoms. The van der Waals surface area contributed by atoms with E-state index < -0.39 is 0 Å². The highest BCUT2D eigenvalue weighted by Crippen LogP contribution is 2.57. The smallest absolute Gasteiger partial charge is 0.135 e. The van der Waals surface area contributed by atoms with Gasteiger partial charge in [-0.2, -0.15) is 0 Å². The van der Waals surface area contributed by atoms with E-state index in [2.05, 4.69) is 15.9 Å². The van der Waals surface area contributed by atoms with Crippen LogP contribution in [0.4, 0.5) is 0 Å². The van der Waals surface area contributed by atoms with E-state index in [0.29, 0.717) is 33.0 Å². The normalized spacial score (nSPS) is 36.5. The third-order valence-corrected chi connectivity index (χ3v) is 6.12. The number of rotatable bonds is 11. The molecular weight excluding hydrogens is 360 g/mol. The molecule has 4 rings (SSSR count). The van der Waals surface area contributed by atoms with Crippen LogP contribution in [0.25, 0.3) is 0 Å². The number of halogens is 1. The van der Waals surface area contributed by atoms with Gasteiger partial charge in [0.1, 0.15) is 5.01 Å². The topological polar surface area (TPSA) is 36.9 Å². The van der Waals surface area contributed by atoms with E-state index in [9.17, 15) is 0 Å². The molecule has 1 atom stereocenters. The fourth-order valence-electron chi connectivity index (χ4n) is 5.15. The van der Waals surface area contributed by atoms with Gasteiger partial charge in [0.05, 0.1) is 38.6 Å². The van der Waals surface area contributed by atoms with Crippen LogP contribution in [-0.2, 0) is 18.9 Å². The lowest BCUT2D eigenvalue weighted by Crippen LogP contribution is -2.52. The van der Waals surface area contributed by atoms with Crippen LogP contribution in [0.3, 0.4) is 0 Å². The summed E-state index contributed by atoms with van der Waals surface area (Å²) in [5.41, 5.74) is 0.204. The lowest BCUT2D eigenvalue weighted by molar-refractivity contribution is -0.169. The molecule has 5 heteroatoms. The number of alkyl halides is 1. The van der Waals surface area contributed by atoms with Gasteiger partial charge in [-0.1, -0.05) is 15.9 Å². The molecule has 0 N–H and O–H groups in total. The average Bonchev–Trinajstić information content (AvgIpc) is 2.49. The molecule has 4 saturated carbocycles. The van der Waals surface area contributed by atoms with Crippen LogP contribution in [0.5, 0.6) is 0 Å². The Hall–Kier alpha value is 0.320. The Morgan fingerprint density at radius 1 is 0.913 bits per heavy atom. The van der Waals surface area contributed by atoms with Gasteiger partial charge in [-0.05, 0) is 63.2 Å². The van der Waals surface area contributed by atoms with Crippen molar-refractivity contribution < 1.29 is 18.9 Å². The summed E-state index contributed by atoms with van der Waals surface area (Å²) in [5, 5.41) is -0.0214. The first-order chi connectivity index (χ1) is 11.2. The molecule has 0 heterocycles. The summed E-state index contributed by atoms with van der Waals surface area (Å²) < 4.78 is 22.8. The standard InChI is InChI=1S/C18H31BrO4/c1-2-22-17(19)13-21-4-3-20-5-6-23-18-10-14-7-15(11-18)9-16(8-14)12-18/h14-17H,2-13H2,1H3. The molecule has 0 amide bonds. The van der Waals surface area contributed by atoms with E-state index in [4.69, 9.17) is 18.9 Å². The minimum Gasteiger partial charge on any atom is -0.377 e. The molecule has 4 nitrogen and oxygen atoms in total. The summed E-state index contributed by atoms with van der Waals surface area (Å²) >= 11 is 3.40. The van der Waals surface area contributed by atoms with Crippen LogP contribution in [0.2, 0.25) is 0 Å². The summed E-state index contributed by atoms with van der Waals surface area (Å²) in [4.78, 5) is 0. The van der Waals surface area contributed by atoms with Crippen LogP contribution in [0, 0.1) is 17.8 Å². The zero-order chi connectivity index (χ0) is 16.1. The van der Waals surface area contributed by atoms with Gasteiger partial charge in [0.15, 0.2) is 0 Å². The third kappa shape index (κ3) is 5.15. The second-order valence-electron chi connectivity index (χ2n) is 7.50. The van der Waals surface area contributed by atoms with E-state index >= 15 is 0 Å². The summed E-state index contributed by atoms with van der Waals surface area (Å²) in [7, 11) is 0. The average molecular weight is 391 g/mol. The van der Waals surface area contributed by atoms with Crippen molar-refractivity contribution in [2.45, 2.75) is 56.1 Å². The maximum atomic E-state index is 6.33. The second kappa shape index (κ2) is 8.61. The lowest BCUT2D eigenvalue weighted by Gasteiger charge is -2.56. The Morgan fingerprint density at radius 3 is 2.09 bits per heavy atom. The first kappa shape index (κ1) is 18.1. The Balaban J connectivity index is 1.22. The van der Waals surface area contributed by atoms with Crippen molar-refractivity contribution in [2.75, 3.05) is 39.6 Å². The SMILES string of the molecule is CCOC(Br)COCCOCCOC12CC3CC(CC(C3)C1)C2. The molecule has 0 aromatic rings. The van der Waals surface area contributed by atoms with E-state index in [0.717, 1.165) is 24.4 Å². The van der Waals surface area contributed by atoms with Gasteiger partial charge in [0.2, 0.25) is 0 Å². The molecule has 0 saturated heterocycles. The van der Waals surface area contributed by atoms with Gasteiger partial charge in [-0.3, -0.25) is 0 Å². The van der Waals surface area contributed by atoms with E-state index in [-0.39, 0.29) is 10.6 Å². The fourth-order valence-corrected chi connectivity index (χ4v) is 5.60. The number of ether oxygens (including phenoxy) is 4. The molecule has 4 fully saturated rings. The quantitative estimate of drug-likeness (QED) is 0.397. The van der Waals surface area contributed by atoms with Gasteiger partial charge in [0, 0.05) is 6.61 Å². The molecule has 134 valence electrons. The maximum Gasteiger partial charge on any atom is 0.135 e. The van der Waals surface area contributed by atoms with Crippen LogP contribution < -0.4 is 0 Å². The maximum absolute atomic E-state index is 6.33. The predicted molar refractivity (Wildman–Crippen MR) is 92.8 cm³/mol. The van der Waals surface area contributed by atoms with Crippen molar-refractivity contribution in [3.63, 3.8) is 0 Å². The Bertz CT molecular complexity index is 328. The largest absolute Gasteiger partial charge is 0.377 e. The minimum atomic E-state index is -0.0214. The summed E-state index contributed by atoms with van der Waals surface area (Å²) in [6, 6.07) is 0. The summed E-state index contributed by atoms with van der Waals surface area (Å²) in [6.45, 7) is 5.85. The lowest BCUT2D eigenvalue weighted by atomic mass is 9.54. The Kier molecular flexibility index (Phi) is 6.79. The third-order valence-electron chi connectivity index (χ3n) is 5.59.